The first-order chi connectivity index (χ1) is 8.15. The van der Waals surface area contributed by atoms with Crippen molar-refractivity contribution < 1.29 is 0 Å². The molecule has 2 aromatic heterocycles. The Morgan fingerprint density at radius 2 is 2.06 bits per heavy atom. The molecule has 0 fully saturated rings. The molecule has 0 radical (unpaired) electrons. The highest BCUT2D eigenvalue weighted by Crippen LogP contribution is 2.32. The van der Waals surface area contributed by atoms with Crippen molar-refractivity contribution in [3.05, 3.63) is 27.1 Å². The van der Waals surface area contributed by atoms with Crippen molar-refractivity contribution in [1.29, 1.82) is 0 Å². The predicted octanol–water partition coefficient (Wildman–Crippen LogP) is 2.89. The monoisotopic (exact) mass is 245 g/mol. The fourth-order valence-electron chi connectivity index (χ4n) is 2.43. The Balaban J connectivity index is 2.16. The van der Waals surface area contributed by atoms with Gasteiger partial charge in [-0.15, -0.1) is 11.3 Å². The molecule has 0 bridgehead atoms. The van der Waals surface area contributed by atoms with Gasteiger partial charge >= 0.3 is 0 Å². The van der Waals surface area contributed by atoms with Gasteiger partial charge in [-0.25, -0.2) is 9.97 Å². The molecule has 0 aromatic carbocycles. The van der Waals surface area contributed by atoms with Crippen LogP contribution in [0.2, 0.25) is 0 Å². The summed E-state index contributed by atoms with van der Waals surface area (Å²) in [6.07, 6.45) is 3.22. The summed E-state index contributed by atoms with van der Waals surface area (Å²) in [6.45, 7) is 4.22. The minimum atomic E-state index is 0.672. The van der Waals surface area contributed by atoms with E-state index in [-0.39, 0.29) is 0 Å². The van der Waals surface area contributed by atoms with Gasteiger partial charge in [0.05, 0.1) is 0 Å². The van der Waals surface area contributed by atoms with Crippen LogP contribution in [0.4, 0.5) is 5.82 Å². The minimum Gasteiger partial charge on any atom is -0.383 e. The van der Waals surface area contributed by atoms with Gasteiger partial charge in [0.15, 0.2) is 5.82 Å². The Morgan fingerprint density at radius 1 is 1.24 bits per heavy atom. The molecule has 4 heteroatoms. The van der Waals surface area contributed by atoms with Gasteiger partial charge in [0.1, 0.15) is 5.82 Å². The Morgan fingerprint density at radius 3 is 2.76 bits per heavy atom. The molecule has 88 valence electrons. The maximum absolute atomic E-state index is 6.02. The summed E-state index contributed by atoms with van der Waals surface area (Å²) in [4.78, 5) is 11.7. The van der Waals surface area contributed by atoms with Crippen LogP contribution in [-0.4, -0.2) is 9.97 Å². The molecule has 2 heterocycles. The summed E-state index contributed by atoms with van der Waals surface area (Å²) in [5.41, 5.74) is 9.47. The highest BCUT2D eigenvalue weighted by atomic mass is 32.1. The fourth-order valence-corrected chi connectivity index (χ4v) is 3.35. The van der Waals surface area contributed by atoms with Crippen molar-refractivity contribution in [1.82, 2.24) is 9.97 Å². The molecule has 2 aromatic rings. The van der Waals surface area contributed by atoms with Crippen LogP contribution in [-0.2, 0) is 12.8 Å². The first-order valence-electron chi connectivity index (χ1n) is 5.88. The number of aromatic nitrogens is 2. The van der Waals surface area contributed by atoms with Crippen molar-refractivity contribution in [2.45, 2.75) is 33.1 Å². The van der Waals surface area contributed by atoms with Gasteiger partial charge in [-0.2, -0.15) is 0 Å². The molecule has 0 unspecified atom stereocenters. The van der Waals surface area contributed by atoms with E-state index in [9.17, 15) is 0 Å². The molecule has 0 saturated carbocycles. The second-order valence-electron chi connectivity index (χ2n) is 4.54. The quantitative estimate of drug-likeness (QED) is 0.840. The number of rotatable bonds is 1. The largest absolute Gasteiger partial charge is 0.383 e. The van der Waals surface area contributed by atoms with Gasteiger partial charge < -0.3 is 5.73 Å². The van der Waals surface area contributed by atoms with Crippen LogP contribution in [0.5, 0.6) is 0 Å². The number of aryl methyl sites for hydroxylation is 3. The van der Waals surface area contributed by atoms with Crippen LogP contribution in [0.25, 0.3) is 11.4 Å². The molecule has 1 aliphatic carbocycles. The Labute approximate surface area is 105 Å². The van der Waals surface area contributed by atoms with Gasteiger partial charge in [0.25, 0.3) is 0 Å². The van der Waals surface area contributed by atoms with Crippen molar-refractivity contribution >= 4 is 17.2 Å². The summed E-state index contributed by atoms with van der Waals surface area (Å²) in [5.74, 6) is 1.47. The summed E-state index contributed by atoms with van der Waals surface area (Å²) < 4.78 is 0. The molecule has 3 rings (SSSR count). The van der Waals surface area contributed by atoms with Crippen molar-refractivity contribution in [3.63, 3.8) is 0 Å². The number of anilines is 1. The number of nitrogen functional groups attached to an aromatic ring is 1. The second kappa shape index (κ2) is 3.81. The van der Waals surface area contributed by atoms with Gasteiger partial charge in [0, 0.05) is 26.6 Å². The summed E-state index contributed by atoms with van der Waals surface area (Å²) in [6, 6.07) is 2.15. The molecule has 0 spiro atoms. The van der Waals surface area contributed by atoms with Crippen LogP contribution >= 0.6 is 11.3 Å². The highest BCUT2D eigenvalue weighted by Gasteiger charge is 2.19. The van der Waals surface area contributed by atoms with Gasteiger partial charge in [-0.1, -0.05) is 0 Å². The summed E-state index contributed by atoms with van der Waals surface area (Å²) in [7, 11) is 0. The van der Waals surface area contributed by atoms with E-state index in [4.69, 9.17) is 5.73 Å². The van der Waals surface area contributed by atoms with E-state index in [2.05, 4.69) is 29.9 Å². The van der Waals surface area contributed by atoms with Gasteiger partial charge in [0.2, 0.25) is 0 Å². The topological polar surface area (TPSA) is 51.8 Å². The number of hydrogen-bond acceptors (Lipinski definition) is 4. The molecular weight excluding hydrogens is 230 g/mol. The zero-order valence-electron chi connectivity index (χ0n) is 10.1. The van der Waals surface area contributed by atoms with Gasteiger partial charge in [-0.05, 0) is 39.2 Å². The first kappa shape index (κ1) is 10.7. The van der Waals surface area contributed by atoms with Crippen molar-refractivity contribution in [2.24, 2.45) is 0 Å². The lowest BCUT2D eigenvalue weighted by molar-refractivity contribution is 0.900. The zero-order chi connectivity index (χ0) is 12.0. The molecular formula is C13H15N3S. The molecule has 17 heavy (non-hydrogen) atoms. The maximum atomic E-state index is 6.02. The molecule has 3 nitrogen and oxygen atoms in total. The Bertz CT molecular complexity index is 587. The Kier molecular flexibility index (Phi) is 2.40. The number of nitrogens with zero attached hydrogens (tertiary/aromatic N) is 2. The van der Waals surface area contributed by atoms with Crippen LogP contribution in [0.15, 0.2) is 6.07 Å². The second-order valence-corrected chi connectivity index (χ2v) is 6.00. The summed E-state index contributed by atoms with van der Waals surface area (Å²) >= 11 is 1.78. The van der Waals surface area contributed by atoms with Gasteiger partial charge in [-0.3, -0.25) is 0 Å². The highest BCUT2D eigenvalue weighted by molar-refractivity contribution is 7.12. The average molecular weight is 245 g/mol. The number of nitrogens with two attached hydrogens (primary N) is 1. The maximum Gasteiger partial charge on any atom is 0.162 e. The third-order valence-electron chi connectivity index (χ3n) is 3.25. The van der Waals surface area contributed by atoms with E-state index in [1.165, 1.54) is 15.3 Å². The minimum absolute atomic E-state index is 0.672. The molecule has 0 aliphatic heterocycles. The van der Waals surface area contributed by atoms with E-state index in [1.807, 2.05) is 0 Å². The molecule has 0 atom stereocenters. The van der Waals surface area contributed by atoms with Crippen molar-refractivity contribution in [3.8, 4) is 11.4 Å². The van der Waals surface area contributed by atoms with Crippen LogP contribution in [0.3, 0.4) is 0 Å². The average Bonchev–Trinajstić information content (AvgIpc) is 2.84. The standard InChI is InChI=1S/C13H15N3S/c1-7-6-10(8(2)17-7)13-15-11-5-3-4-9(11)12(14)16-13/h6H,3-5H2,1-2H3,(H2,14,15,16). The van der Waals surface area contributed by atoms with E-state index in [0.29, 0.717) is 5.82 Å². The van der Waals surface area contributed by atoms with Crippen LogP contribution in [0.1, 0.15) is 27.4 Å². The zero-order valence-corrected chi connectivity index (χ0v) is 10.9. The normalized spacial score (nSPS) is 14.0. The molecule has 1 aliphatic rings. The smallest absolute Gasteiger partial charge is 0.162 e. The number of hydrogen-bond donors (Lipinski definition) is 1. The lowest BCUT2D eigenvalue weighted by Crippen LogP contribution is -2.02. The Hall–Kier alpha value is -1.42. The number of fused-ring (bicyclic) bond motifs is 1. The third-order valence-corrected chi connectivity index (χ3v) is 4.21. The molecule has 0 saturated heterocycles. The summed E-state index contributed by atoms with van der Waals surface area (Å²) in [5, 5.41) is 0. The number of thiophene rings is 1. The van der Waals surface area contributed by atoms with E-state index in [0.717, 1.165) is 36.3 Å². The SMILES string of the molecule is Cc1cc(-c2nc(N)c3c(n2)CCC3)c(C)s1. The van der Waals surface area contributed by atoms with Crippen LogP contribution < -0.4 is 5.73 Å². The van der Waals surface area contributed by atoms with E-state index in [1.54, 1.807) is 11.3 Å². The lowest BCUT2D eigenvalue weighted by Gasteiger charge is -2.06. The fraction of sp³-hybridized carbons (Fsp3) is 0.385. The van der Waals surface area contributed by atoms with Crippen LogP contribution in [0, 0.1) is 13.8 Å². The molecule has 2 N–H and O–H groups in total. The lowest BCUT2D eigenvalue weighted by atomic mass is 10.2. The molecule has 0 amide bonds. The van der Waals surface area contributed by atoms with E-state index >= 15 is 0 Å². The first-order valence-corrected chi connectivity index (χ1v) is 6.69. The third kappa shape index (κ3) is 1.72. The predicted molar refractivity (Wildman–Crippen MR) is 71.3 cm³/mol. The van der Waals surface area contributed by atoms with Crippen molar-refractivity contribution in [2.75, 3.05) is 5.73 Å². The van der Waals surface area contributed by atoms with E-state index < -0.39 is 0 Å².